The first-order valence-electron chi connectivity index (χ1n) is 5.70. The number of rotatable bonds is 2. The van der Waals surface area contributed by atoms with Gasteiger partial charge in [0.2, 0.25) is 0 Å². The van der Waals surface area contributed by atoms with Crippen LogP contribution in [0.5, 0.6) is 5.75 Å². The van der Waals surface area contributed by atoms with Gasteiger partial charge < -0.3 is 14.8 Å². The quantitative estimate of drug-likeness (QED) is 0.828. The Kier molecular flexibility index (Phi) is 3.46. The Hall–Kier alpha value is -1.06. The first-order valence-corrected chi connectivity index (χ1v) is 5.70. The Morgan fingerprint density at radius 1 is 1.38 bits per heavy atom. The molecule has 1 aromatic carbocycles. The van der Waals surface area contributed by atoms with Crippen molar-refractivity contribution in [1.29, 1.82) is 0 Å². The molecule has 88 valence electrons. The number of hydrogen-bond donors (Lipinski definition) is 1. The van der Waals surface area contributed by atoms with Crippen LogP contribution < -0.4 is 10.1 Å². The van der Waals surface area contributed by atoms with E-state index >= 15 is 0 Å². The van der Waals surface area contributed by atoms with E-state index in [1.165, 1.54) is 16.7 Å². The van der Waals surface area contributed by atoms with Gasteiger partial charge in [-0.3, -0.25) is 0 Å². The predicted octanol–water partition coefficient (Wildman–Crippen LogP) is 1.97. The number of nitrogens with one attached hydrogen (secondary N) is 1. The van der Waals surface area contributed by atoms with E-state index in [0.717, 1.165) is 25.4 Å². The SMILES string of the molecule is COc1cc(C2CNCCO2)cc(C)c1C. The van der Waals surface area contributed by atoms with E-state index in [1.54, 1.807) is 7.11 Å². The molecule has 1 saturated heterocycles. The molecular formula is C13H19NO2. The largest absolute Gasteiger partial charge is 0.496 e. The number of hydrogen-bond acceptors (Lipinski definition) is 3. The van der Waals surface area contributed by atoms with Crippen molar-refractivity contribution in [3.05, 3.63) is 28.8 Å². The highest BCUT2D eigenvalue weighted by Gasteiger charge is 2.17. The topological polar surface area (TPSA) is 30.5 Å². The van der Waals surface area contributed by atoms with Crippen molar-refractivity contribution in [2.24, 2.45) is 0 Å². The van der Waals surface area contributed by atoms with Crippen LogP contribution in [0.3, 0.4) is 0 Å². The molecule has 1 unspecified atom stereocenters. The third kappa shape index (κ3) is 2.20. The minimum Gasteiger partial charge on any atom is -0.496 e. The van der Waals surface area contributed by atoms with Crippen LogP contribution in [0.1, 0.15) is 22.8 Å². The number of morpholine rings is 1. The summed E-state index contributed by atoms with van der Waals surface area (Å²) in [7, 11) is 1.71. The van der Waals surface area contributed by atoms with Crippen LogP contribution in [0.2, 0.25) is 0 Å². The lowest BCUT2D eigenvalue weighted by atomic mass is 10.0. The Bertz CT molecular complexity index is 370. The van der Waals surface area contributed by atoms with Crippen LogP contribution in [0.25, 0.3) is 0 Å². The second kappa shape index (κ2) is 4.85. The van der Waals surface area contributed by atoms with Gasteiger partial charge in [0.15, 0.2) is 0 Å². The fraction of sp³-hybridized carbons (Fsp3) is 0.538. The van der Waals surface area contributed by atoms with Gasteiger partial charge in [-0.2, -0.15) is 0 Å². The van der Waals surface area contributed by atoms with Crippen LogP contribution in [-0.4, -0.2) is 26.8 Å². The zero-order valence-corrected chi connectivity index (χ0v) is 10.2. The molecule has 1 aliphatic rings. The zero-order valence-electron chi connectivity index (χ0n) is 10.2. The average molecular weight is 221 g/mol. The van der Waals surface area contributed by atoms with Gasteiger partial charge >= 0.3 is 0 Å². The fourth-order valence-electron chi connectivity index (χ4n) is 2.03. The second-order valence-corrected chi connectivity index (χ2v) is 4.23. The molecule has 0 bridgehead atoms. The molecule has 0 aliphatic carbocycles. The van der Waals surface area contributed by atoms with E-state index in [1.807, 2.05) is 0 Å². The molecular weight excluding hydrogens is 202 g/mol. The summed E-state index contributed by atoms with van der Waals surface area (Å²) < 4.78 is 11.1. The maximum absolute atomic E-state index is 5.74. The third-order valence-corrected chi connectivity index (χ3v) is 3.16. The molecule has 3 heteroatoms. The maximum Gasteiger partial charge on any atom is 0.122 e. The molecule has 0 spiro atoms. The normalized spacial score (nSPS) is 20.8. The Morgan fingerprint density at radius 3 is 2.81 bits per heavy atom. The molecule has 0 radical (unpaired) electrons. The molecule has 1 N–H and O–H groups in total. The Labute approximate surface area is 96.8 Å². The number of ether oxygens (including phenoxy) is 2. The third-order valence-electron chi connectivity index (χ3n) is 3.16. The van der Waals surface area contributed by atoms with Crippen LogP contribution in [0, 0.1) is 13.8 Å². The van der Waals surface area contributed by atoms with Crippen molar-refractivity contribution < 1.29 is 9.47 Å². The summed E-state index contributed by atoms with van der Waals surface area (Å²) in [5.41, 5.74) is 3.66. The molecule has 1 aromatic rings. The monoisotopic (exact) mass is 221 g/mol. The van der Waals surface area contributed by atoms with Gasteiger partial charge in [-0.05, 0) is 36.6 Å². The average Bonchev–Trinajstić information content (AvgIpc) is 2.33. The molecule has 0 saturated carbocycles. The summed E-state index contributed by atoms with van der Waals surface area (Å²) in [6.45, 7) is 6.79. The van der Waals surface area contributed by atoms with E-state index < -0.39 is 0 Å². The fourth-order valence-corrected chi connectivity index (χ4v) is 2.03. The molecule has 1 heterocycles. The summed E-state index contributed by atoms with van der Waals surface area (Å²) in [5.74, 6) is 0.948. The van der Waals surface area contributed by atoms with Crippen molar-refractivity contribution in [1.82, 2.24) is 5.32 Å². The molecule has 16 heavy (non-hydrogen) atoms. The first-order chi connectivity index (χ1) is 7.72. The van der Waals surface area contributed by atoms with E-state index in [4.69, 9.17) is 9.47 Å². The second-order valence-electron chi connectivity index (χ2n) is 4.23. The Morgan fingerprint density at radius 2 is 2.19 bits per heavy atom. The Balaban J connectivity index is 2.29. The van der Waals surface area contributed by atoms with E-state index in [2.05, 4.69) is 31.3 Å². The molecule has 0 aromatic heterocycles. The van der Waals surface area contributed by atoms with Gasteiger partial charge in [0, 0.05) is 13.1 Å². The molecule has 1 atom stereocenters. The lowest BCUT2D eigenvalue weighted by Gasteiger charge is -2.25. The molecule has 2 rings (SSSR count). The van der Waals surface area contributed by atoms with Crippen LogP contribution in [-0.2, 0) is 4.74 Å². The van der Waals surface area contributed by atoms with Crippen LogP contribution in [0.4, 0.5) is 0 Å². The van der Waals surface area contributed by atoms with Crippen molar-refractivity contribution in [2.75, 3.05) is 26.8 Å². The predicted molar refractivity (Wildman–Crippen MR) is 64.0 cm³/mol. The van der Waals surface area contributed by atoms with Gasteiger partial charge in [-0.1, -0.05) is 6.07 Å². The number of methoxy groups -OCH3 is 1. The highest BCUT2D eigenvalue weighted by molar-refractivity contribution is 5.43. The molecule has 0 amide bonds. The minimum atomic E-state index is 0.155. The maximum atomic E-state index is 5.74. The van der Waals surface area contributed by atoms with Gasteiger partial charge in [0.25, 0.3) is 0 Å². The highest BCUT2D eigenvalue weighted by Crippen LogP contribution is 2.28. The summed E-state index contributed by atoms with van der Waals surface area (Å²) in [4.78, 5) is 0. The molecule has 3 nitrogen and oxygen atoms in total. The van der Waals surface area contributed by atoms with E-state index in [-0.39, 0.29) is 6.10 Å². The van der Waals surface area contributed by atoms with Crippen molar-refractivity contribution in [3.63, 3.8) is 0 Å². The smallest absolute Gasteiger partial charge is 0.122 e. The lowest BCUT2D eigenvalue weighted by Crippen LogP contribution is -2.33. The summed E-state index contributed by atoms with van der Waals surface area (Å²) >= 11 is 0. The van der Waals surface area contributed by atoms with Gasteiger partial charge in [-0.25, -0.2) is 0 Å². The van der Waals surface area contributed by atoms with Crippen LogP contribution >= 0.6 is 0 Å². The lowest BCUT2D eigenvalue weighted by molar-refractivity contribution is 0.0275. The summed E-state index contributed by atoms with van der Waals surface area (Å²) in [6, 6.07) is 4.27. The van der Waals surface area contributed by atoms with Gasteiger partial charge in [-0.15, -0.1) is 0 Å². The van der Waals surface area contributed by atoms with E-state index in [9.17, 15) is 0 Å². The van der Waals surface area contributed by atoms with Gasteiger partial charge in [0.05, 0.1) is 19.8 Å². The van der Waals surface area contributed by atoms with Crippen molar-refractivity contribution >= 4 is 0 Å². The molecule has 1 aliphatic heterocycles. The van der Waals surface area contributed by atoms with E-state index in [0.29, 0.717) is 0 Å². The number of benzene rings is 1. The summed E-state index contributed by atoms with van der Waals surface area (Å²) in [6.07, 6.45) is 0.155. The zero-order chi connectivity index (χ0) is 11.5. The van der Waals surface area contributed by atoms with Gasteiger partial charge in [0.1, 0.15) is 5.75 Å². The molecule has 1 fully saturated rings. The highest BCUT2D eigenvalue weighted by atomic mass is 16.5. The first kappa shape index (κ1) is 11.4. The summed E-state index contributed by atoms with van der Waals surface area (Å²) in [5, 5.41) is 3.34. The van der Waals surface area contributed by atoms with Crippen molar-refractivity contribution in [3.8, 4) is 5.75 Å². The van der Waals surface area contributed by atoms with Crippen LogP contribution in [0.15, 0.2) is 12.1 Å². The number of aryl methyl sites for hydroxylation is 1. The minimum absolute atomic E-state index is 0.155. The standard InChI is InChI=1S/C13H19NO2/c1-9-6-11(7-12(15-3)10(9)2)13-8-14-4-5-16-13/h6-7,13-14H,4-5,8H2,1-3H3. The van der Waals surface area contributed by atoms with Crippen molar-refractivity contribution in [2.45, 2.75) is 20.0 Å².